The van der Waals surface area contributed by atoms with E-state index in [0.29, 0.717) is 24.5 Å². The highest BCUT2D eigenvalue weighted by molar-refractivity contribution is 7.10. The Balaban J connectivity index is 1.84. The summed E-state index contributed by atoms with van der Waals surface area (Å²) in [6.45, 7) is 7.85. The van der Waals surface area contributed by atoms with E-state index in [1.165, 1.54) is 17.7 Å². The maximum Gasteiger partial charge on any atom is 0.0813 e. The van der Waals surface area contributed by atoms with Gasteiger partial charge in [0.1, 0.15) is 0 Å². The van der Waals surface area contributed by atoms with Crippen LogP contribution in [0.5, 0.6) is 0 Å². The lowest BCUT2D eigenvalue weighted by Crippen LogP contribution is -2.32. The lowest BCUT2D eigenvalue weighted by atomic mass is 9.71. The van der Waals surface area contributed by atoms with Crippen molar-refractivity contribution in [1.29, 1.82) is 0 Å². The molecule has 1 N–H and O–H groups in total. The topological polar surface area (TPSA) is 29.5 Å². The molecule has 2 atom stereocenters. The van der Waals surface area contributed by atoms with Crippen molar-refractivity contribution in [3.8, 4) is 11.8 Å². The zero-order valence-electron chi connectivity index (χ0n) is 13.3. The second-order valence-electron chi connectivity index (χ2n) is 6.92. The predicted molar refractivity (Wildman–Crippen MR) is 88.3 cm³/mol. The van der Waals surface area contributed by atoms with Crippen LogP contribution in [-0.2, 0) is 11.3 Å². The molecule has 1 saturated carbocycles. The average Bonchev–Trinajstić information content (AvgIpc) is 2.82. The Morgan fingerprint density at radius 1 is 1.43 bits per heavy atom. The van der Waals surface area contributed by atoms with Crippen molar-refractivity contribution in [2.45, 2.75) is 59.2 Å². The van der Waals surface area contributed by atoms with Crippen LogP contribution in [0.4, 0.5) is 0 Å². The van der Waals surface area contributed by atoms with Gasteiger partial charge < -0.3 is 9.84 Å². The van der Waals surface area contributed by atoms with E-state index < -0.39 is 0 Å². The standard InChI is InChI=1S/C18H26O2S/c1-14-8-16(11-18(2,3)10-14)20-12-17-9-15(13-21-17)6-4-5-7-19/h9,13-14,16,19H,5,7-8,10-12H2,1-3H3. The first kappa shape index (κ1) is 16.5. The summed E-state index contributed by atoms with van der Waals surface area (Å²) in [4.78, 5) is 1.24. The first-order valence-electron chi connectivity index (χ1n) is 7.77. The fraction of sp³-hybridized carbons (Fsp3) is 0.667. The number of aliphatic hydroxyl groups is 1. The van der Waals surface area contributed by atoms with Crippen LogP contribution in [0.1, 0.15) is 56.9 Å². The molecule has 0 bridgehead atoms. The zero-order chi connectivity index (χ0) is 15.3. The van der Waals surface area contributed by atoms with Crippen LogP contribution in [0.3, 0.4) is 0 Å². The number of hydrogen-bond donors (Lipinski definition) is 1. The molecule has 2 rings (SSSR count). The fourth-order valence-corrected chi connectivity index (χ4v) is 4.06. The largest absolute Gasteiger partial charge is 0.395 e. The molecule has 1 aliphatic rings. The van der Waals surface area contributed by atoms with Gasteiger partial charge in [0, 0.05) is 22.2 Å². The lowest BCUT2D eigenvalue weighted by Gasteiger charge is -2.38. The minimum absolute atomic E-state index is 0.128. The van der Waals surface area contributed by atoms with E-state index in [-0.39, 0.29) is 6.61 Å². The van der Waals surface area contributed by atoms with E-state index in [9.17, 15) is 0 Å². The highest BCUT2D eigenvalue weighted by atomic mass is 32.1. The van der Waals surface area contributed by atoms with Gasteiger partial charge in [0.05, 0.1) is 19.3 Å². The van der Waals surface area contributed by atoms with Crippen molar-refractivity contribution in [1.82, 2.24) is 0 Å². The monoisotopic (exact) mass is 306 g/mol. The Kier molecular flexibility index (Phi) is 5.87. The van der Waals surface area contributed by atoms with Crippen LogP contribution in [0, 0.1) is 23.2 Å². The highest BCUT2D eigenvalue weighted by Crippen LogP contribution is 2.40. The van der Waals surface area contributed by atoms with E-state index in [0.717, 1.165) is 17.9 Å². The number of ether oxygens (including phenoxy) is 1. The van der Waals surface area contributed by atoms with Gasteiger partial charge in [0.25, 0.3) is 0 Å². The first-order valence-corrected chi connectivity index (χ1v) is 8.65. The van der Waals surface area contributed by atoms with Crippen LogP contribution >= 0.6 is 11.3 Å². The van der Waals surface area contributed by atoms with Crippen molar-refractivity contribution in [2.24, 2.45) is 11.3 Å². The molecule has 1 aromatic heterocycles. The Bertz CT molecular complexity index is 507. The number of thiophene rings is 1. The minimum Gasteiger partial charge on any atom is -0.395 e. The summed E-state index contributed by atoms with van der Waals surface area (Å²) in [5, 5.41) is 10.8. The SMILES string of the molecule is CC1CC(OCc2cc(C#CCCO)cs2)CC(C)(C)C1. The van der Waals surface area contributed by atoms with Gasteiger partial charge in [-0.1, -0.05) is 32.6 Å². The van der Waals surface area contributed by atoms with E-state index in [4.69, 9.17) is 9.84 Å². The Morgan fingerprint density at radius 2 is 2.24 bits per heavy atom. The van der Waals surface area contributed by atoms with Gasteiger partial charge in [-0.25, -0.2) is 0 Å². The van der Waals surface area contributed by atoms with Crippen molar-refractivity contribution in [3.05, 3.63) is 21.9 Å². The molecule has 2 nitrogen and oxygen atoms in total. The molecular weight excluding hydrogens is 280 g/mol. The van der Waals surface area contributed by atoms with Gasteiger partial charge in [-0.2, -0.15) is 0 Å². The third kappa shape index (κ3) is 5.47. The summed E-state index contributed by atoms with van der Waals surface area (Å²) in [7, 11) is 0. The molecule has 1 heterocycles. The van der Waals surface area contributed by atoms with Crippen LogP contribution in [0.25, 0.3) is 0 Å². The van der Waals surface area contributed by atoms with Crippen molar-refractivity contribution in [2.75, 3.05) is 6.61 Å². The summed E-state index contributed by atoms with van der Waals surface area (Å²) in [5.74, 6) is 6.77. The van der Waals surface area contributed by atoms with Gasteiger partial charge in [0.2, 0.25) is 0 Å². The average molecular weight is 306 g/mol. The number of aliphatic hydroxyl groups excluding tert-OH is 1. The molecular formula is C18H26O2S. The third-order valence-corrected chi connectivity index (χ3v) is 4.84. The summed E-state index contributed by atoms with van der Waals surface area (Å²) in [6.07, 6.45) is 4.56. The summed E-state index contributed by atoms with van der Waals surface area (Å²) in [6, 6.07) is 2.10. The van der Waals surface area contributed by atoms with Gasteiger partial charge >= 0.3 is 0 Å². The van der Waals surface area contributed by atoms with Crippen LogP contribution in [-0.4, -0.2) is 17.8 Å². The molecule has 0 amide bonds. The molecule has 0 spiro atoms. The van der Waals surface area contributed by atoms with E-state index in [1.807, 2.05) is 0 Å². The third-order valence-electron chi connectivity index (χ3n) is 3.93. The molecule has 21 heavy (non-hydrogen) atoms. The molecule has 2 unspecified atom stereocenters. The normalized spacial score (nSPS) is 24.4. The second kappa shape index (κ2) is 7.45. The lowest BCUT2D eigenvalue weighted by molar-refractivity contribution is -0.0307. The number of hydrogen-bond acceptors (Lipinski definition) is 3. The minimum atomic E-state index is 0.128. The Hall–Kier alpha value is -0.820. The highest BCUT2D eigenvalue weighted by Gasteiger charge is 2.32. The van der Waals surface area contributed by atoms with E-state index >= 15 is 0 Å². The first-order chi connectivity index (χ1) is 9.98. The van der Waals surface area contributed by atoms with Gasteiger partial charge in [-0.15, -0.1) is 11.3 Å². The van der Waals surface area contributed by atoms with Crippen LogP contribution < -0.4 is 0 Å². The molecule has 116 valence electrons. The molecule has 0 radical (unpaired) electrons. The van der Waals surface area contributed by atoms with Gasteiger partial charge in [-0.05, 0) is 36.7 Å². The molecule has 1 aromatic rings. The van der Waals surface area contributed by atoms with Gasteiger partial charge in [0.15, 0.2) is 0 Å². The number of rotatable bonds is 4. The Morgan fingerprint density at radius 3 is 2.95 bits per heavy atom. The molecule has 1 fully saturated rings. The van der Waals surface area contributed by atoms with Crippen LogP contribution in [0.15, 0.2) is 11.4 Å². The molecule has 0 aromatic carbocycles. The Labute approximate surface area is 132 Å². The smallest absolute Gasteiger partial charge is 0.0813 e. The molecule has 3 heteroatoms. The summed E-state index contributed by atoms with van der Waals surface area (Å²) >= 11 is 1.71. The molecule has 0 aliphatic heterocycles. The predicted octanol–water partition coefficient (Wildman–Crippen LogP) is 4.21. The second-order valence-corrected chi connectivity index (χ2v) is 7.92. The maximum atomic E-state index is 8.72. The van der Waals surface area contributed by atoms with Crippen LogP contribution in [0.2, 0.25) is 0 Å². The quantitative estimate of drug-likeness (QED) is 0.844. The van der Waals surface area contributed by atoms with Crippen molar-refractivity contribution >= 4 is 11.3 Å². The zero-order valence-corrected chi connectivity index (χ0v) is 14.1. The fourth-order valence-electron chi connectivity index (χ4n) is 3.33. The van der Waals surface area contributed by atoms with Crippen molar-refractivity contribution < 1.29 is 9.84 Å². The van der Waals surface area contributed by atoms with Gasteiger partial charge in [-0.3, -0.25) is 0 Å². The van der Waals surface area contributed by atoms with E-state index in [1.54, 1.807) is 11.3 Å². The summed E-state index contributed by atoms with van der Waals surface area (Å²) in [5.41, 5.74) is 1.43. The van der Waals surface area contributed by atoms with E-state index in [2.05, 4.69) is 44.1 Å². The summed E-state index contributed by atoms with van der Waals surface area (Å²) < 4.78 is 6.14. The maximum absolute atomic E-state index is 8.72. The molecule has 1 aliphatic carbocycles. The molecule has 0 saturated heterocycles. The van der Waals surface area contributed by atoms with Crippen molar-refractivity contribution in [3.63, 3.8) is 0 Å².